The van der Waals surface area contributed by atoms with Crippen LogP contribution in [-0.2, 0) is 16.0 Å². The number of carboxylic acids is 1. The number of thioether (sulfide) groups is 1. The molecular weight excluding hydrogens is 244 g/mol. The molecule has 1 rings (SSSR count). The highest BCUT2D eigenvalue weighted by molar-refractivity contribution is 8.22. The smallest absolute Gasteiger partial charge is 0.307 e. The maximum Gasteiger partial charge on any atom is 0.307 e. The molecule has 0 unspecified atom stereocenters. The van der Waals surface area contributed by atoms with Gasteiger partial charge in [-0.3, -0.25) is 4.79 Å². The van der Waals surface area contributed by atoms with Gasteiger partial charge in [0.15, 0.2) is 0 Å². The molecule has 0 spiro atoms. The molecule has 1 aromatic rings. The average Bonchev–Trinajstić information content (AvgIpc) is 2.17. The Labute approximate surface area is 104 Å². The lowest BCUT2D eigenvalue weighted by molar-refractivity contribution is -0.136. The normalized spacial score (nSPS) is 9.81. The average molecular weight is 256 g/mol. The third kappa shape index (κ3) is 4.63. The van der Waals surface area contributed by atoms with E-state index in [1.54, 1.807) is 6.07 Å². The van der Waals surface area contributed by atoms with Gasteiger partial charge in [0, 0.05) is 4.90 Å². The number of carboxylic acid groups (broad SMARTS) is 1. The van der Waals surface area contributed by atoms with Crippen molar-refractivity contribution >= 4 is 34.3 Å². The summed E-state index contributed by atoms with van der Waals surface area (Å²) in [5, 5.41) is 8.67. The highest BCUT2D eigenvalue weighted by Crippen LogP contribution is 2.21. The summed E-state index contributed by atoms with van der Waals surface area (Å²) in [5.74, 6) is -0.838. The fourth-order valence-corrected chi connectivity index (χ4v) is 2.27. The highest BCUT2D eigenvalue weighted by atomic mass is 32.2. The van der Waals surface area contributed by atoms with Crippen molar-refractivity contribution in [3.8, 4) is 0 Å². The van der Waals surface area contributed by atoms with Crippen LogP contribution >= 0.6 is 24.0 Å². The molecule has 0 aromatic heterocycles. The monoisotopic (exact) mass is 256 g/mol. The first-order valence-corrected chi connectivity index (χ1v) is 5.99. The minimum Gasteiger partial charge on any atom is -0.481 e. The van der Waals surface area contributed by atoms with Crippen LogP contribution < -0.4 is 0 Å². The fraction of sp³-hybridized carbons (Fsp3) is 0.273. The van der Waals surface area contributed by atoms with Gasteiger partial charge in [0.05, 0.1) is 13.0 Å². The molecule has 1 N–H and O–H groups in total. The summed E-state index contributed by atoms with van der Waals surface area (Å²) in [5.41, 5.74) is 0.761. The SMILES string of the molecule is CCOC(=S)Sc1cccc(CC(=O)O)c1. The van der Waals surface area contributed by atoms with Crippen molar-refractivity contribution in [2.24, 2.45) is 0 Å². The standard InChI is InChI=1S/C11H12O3S2/c1-2-14-11(15)16-9-5-3-4-8(6-9)7-10(12)13/h3-6H,2,7H2,1H3,(H,12,13). The van der Waals surface area contributed by atoms with E-state index in [-0.39, 0.29) is 6.42 Å². The lowest BCUT2D eigenvalue weighted by Crippen LogP contribution is -2.00. The molecule has 0 saturated carbocycles. The largest absolute Gasteiger partial charge is 0.481 e. The zero-order valence-electron chi connectivity index (χ0n) is 8.80. The van der Waals surface area contributed by atoms with Crippen LogP contribution in [0.4, 0.5) is 0 Å². The molecule has 0 heterocycles. The van der Waals surface area contributed by atoms with Crippen molar-refractivity contribution in [3.05, 3.63) is 29.8 Å². The summed E-state index contributed by atoms with van der Waals surface area (Å²) >= 11 is 6.32. The van der Waals surface area contributed by atoms with E-state index >= 15 is 0 Å². The Morgan fingerprint density at radius 3 is 2.94 bits per heavy atom. The third-order valence-electron chi connectivity index (χ3n) is 1.72. The lowest BCUT2D eigenvalue weighted by atomic mass is 10.2. The Hall–Kier alpha value is -1.07. The molecule has 86 valence electrons. The van der Waals surface area contributed by atoms with Gasteiger partial charge < -0.3 is 9.84 Å². The fourth-order valence-electron chi connectivity index (χ4n) is 1.14. The van der Waals surface area contributed by atoms with Crippen molar-refractivity contribution < 1.29 is 14.6 Å². The van der Waals surface area contributed by atoms with Gasteiger partial charge in [0.25, 0.3) is 0 Å². The summed E-state index contributed by atoms with van der Waals surface area (Å²) in [7, 11) is 0. The van der Waals surface area contributed by atoms with Gasteiger partial charge in [-0.15, -0.1) is 0 Å². The first-order chi connectivity index (χ1) is 7.61. The van der Waals surface area contributed by atoms with E-state index in [9.17, 15) is 4.79 Å². The zero-order valence-corrected chi connectivity index (χ0v) is 10.4. The van der Waals surface area contributed by atoms with Gasteiger partial charge in [-0.25, -0.2) is 0 Å². The number of thiocarbonyl (C=S) groups is 1. The second-order valence-electron chi connectivity index (χ2n) is 3.00. The van der Waals surface area contributed by atoms with Gasteiger partial charge in [0.1, 0.15) is 0 Å². The predicted octanol–water partition coefficient (Wildman–Crippen LogP) is 2.73. The van der Waals surface area contributed by atoms with E-state index in [1.807, 2.05) is 25.1 Å². The molecule has 0 aliphatic heterocycles. The number of rotatable bonds is 4. The molecule has 0 atom stereocenters. The number of hydrogen-bond donors (Lipinski definition) is 1. The summed E-state index contributed by atoms with van der Waals surface area (Å²) < 4.78 is 5.60. The van der Waals surface area contributed by atoms with Crippen molar-refractivity contribution in [1.29, 1.82) is 0 Å². The summed E-state index contributed by atoms with van der Waals surface area (Å²) in [6.45, 7) is 2.41. The second-order valence-corrected chi connectivity index (χ2v) is 4.68. The van der Waals surface area contributed by atoms with Crippen LogP contribution in [0.3, 0.4) is 0 Å². The molecule has 0 saturated heterocycles. The zero-order chi connectivity index (χ0) is 12.0. The van der Waals surface area contributed by atoms with Crippen molar-refractivity contribution in [2.75, 3.05) is 6.61 Å². The van der Waals surface area contributed by atoms with Crippen molar-refractivity contribution in [1.82, 2.24) is 0 Å². The second kappa shape index (κ2) is 6.50. The molecule has 0 amide bonds. The van der Waals surface area contributed by atoms with Crippen molar-refractivity contribution in [2.45, 2.75) is 18.2 Å². The van der Waals surface area contributed by atoms with E-state index in [2.05, 4.69) is 0 Å². The molecule has 0 bridgehead atoms. The van der Waals surface area contributed by atoms with E-state index in [0.29, 0.717) is 11.0 Å². The molecular formula is C11H12O3S2. The number of aliphatic carboxylic acids is 1. The third-order valence-corrected chi connectivity index (χ3v) is 2.86. The Bertz CT molecular complexity index is 391. The number of carbonyl (C=O) groups is 1. The van der Waals surface area contributed by atoms with Gasteiger partial charge in [-0.2, -0.15) is 0 Å². The van der Waals surface area contributed by atoms with E-state index in [0.717, 1.165) is 10.5 Å². The maximum absolute atomic E-state index is 10.5. The number of benzene rings is 1. The highest BCUT2D eigenvalue weighted by Gasteiger charge is 2.04. The molecule has 0 fully saturated rings. The molecule has 3 nitrogen and oxygen atoms in total. The minimum atomic E-state index is -0.838. The molecule has 1 aromatic carbocycles. The maximum atomic E-state index is 10.5. The number of hydrogen-bond acceptors (Lipinski definition) is 4. The lowest BCUT2D eigenvalue weighted by Gasteiger charge is -2.05. The van der Waals surface area contributed by atoms with Crippen LogP contribution in [0.1, 0.15) is 12.5 Å². The van der Waals surface area contributed by atoms with Crippen molar-refractivity contribution in [3.63, 3.8) is 0 Å². The molecule has 0 aliphatic rings. The quantitative estimate of drug-likeness (QED) is 0.663. The Kier molecular flexibility index (Phi) is 5.28. The summed E-state index contributed by atoms with van der Waals surface area (Å²) in [4.78, 5) is 11.4. The minimum absolute atomic E-state index is 0.0236. The first-order valence-electron chi connectivity index (χ1n) is 4.77. The molecule has 0 aliphatic carbocycles. The van der Waals surface area contributed by atoms with Gasteiger partial charge in [-0.1, -0.05) is 12.1 Å². The van der Waals surface area contributed by atoms with Crippen LogP contribution in [0.5, 0.6) is 0 Å². The molecule has 5 heteroatoms. The van der Waals surface area contributed by atoms with Crippen LogP contribution in [-0.4, -0.2) is 22.1 Å². The van der Waals surface area contributed by atoms with Crippen LogP contribution in [0, 0.1) is 0 Å². The topological polar surface area (TPSA) is 46.5 Å². The summed E-state index contributed by atoms with van der Waals surface area (Å²) in [6, 6.07) is 7.28. The van der Waals surface area contributed by atoms with E-state index < -0.39 is 5.97 Å². The first kappa shape index (κ1) is 13.0. The van der Waals surface area contributed by atoms with E-state index in [4.69, 9.17) is 22.1 Å². The van der Waals surface area contributed by atoms with Gasteiger partial charge >= 0.3 is 5.97 Å². The Morgan fingerprint density at radius 2 is 2.31 bits per heavy atom. The van der Waals surface area contributed by atoms with Crippen LogP contribution in [0.25, 0.3) is 0 Å². The number of ether oxygens (including phenoxy) is 1. The predicted molar refractivity (Wildman–Crippen MR) is 67.9 cm³/mol. The van der Waals surface area contributed by atoms with Gasteiger partial charge in [-0.05, 0) is 48.6 Å². The van der Waals surface area contributed by atoms with Gasteiger partial charge in [0.2, 0.25) is 4.38 Å². The van der Waals surface area contributed by atoms with E-state index in [1.165, 1.54) is 11.8 Å². The molecule has 16 heavy (non-hydrogen) atoms. The Morgan fingerprint density at radius 1 is 1.56 bits per heavy atom. The van der Waals surface area contributed by atoms with Crippen LogP contribution in [0.15, 0.2) is 29.2 Å². The molecule has 0 radical (unpaired) electrons. The van der Waals surface area contributed by atoms with Crippen LogP contribution in [0.2, 0.25) is 0 Å². The summed E-state index contributed by atoms with van der Waals surface area (Å²) in [6.07, 6.45) is 0.0236. The Balaban J connectivity index is 2.67.